The van der Waals surface area contributed by atoms with Gasteiger partial charge in [0.15, 0.2) is 0 Å². The second-order valence-electron chi connectivity index (χ2n) is 8.41. The molecule has 1 amide bonds. The van der Waals surface area contributed by atoms with Crippen LogP contribution in [0, 0.1) is 11.7 Å². The van der Waals surface area contributed by atoms with Crippen molar-refractivity contribution in [3.63, 3.8) is 0 Å². The van der Waals surface area contributed by atoms with Crippen LogP contribution < -0.4 is 5.32 Å². The summed E-state index contributed by atoms with van der Waals surface area (Å²) in [7, 11) is 2.03. The summed E-state index contributed by atoms with van der Waals surface area (Å²) in [6.45, 7) is 0.914. The average Bonchev–Trinajstić information content (AvgIpc) is 2.72. The molecule has 160 valence electrons. The molecule has 2 bridgehead atoms. The zero-order chi connectivity index (χ0) is 21.5. The van der Waals surface area contributed by atoms with E-state index < -0.39 is 35.1 Å². The van der Waals surface area contributed by atoms with E-state index in [0.717, 1.165) is 49.9 Å². The number of hydrogen-bond donors (Lipinski definition) is 1. The van der Waals surface area contributed by atoms with Gasteiger partial charge in [0, 0.05) is 12.1 Å². The van der Waals surface area contributed by atoms with Gasteiger partial charge in [0.1, 0.15) is 5.82 Å². The molecule has 5 rings (SSSR count). The third-order valence-electron chi connectivity index (χ3n) is 6.76. The lowest BCUT2D eigenvalue weighted by atomic mass is 9.66. The van der Waals surface area contributed by atoms with Crippen molar-refractivity contribution in [1.29, 1.82) is 0 Å². The minimum absolute atomic E-state index is 0.343. The van der Waals surface area contributed by atoms with Gasteiger partial charge in [-0.3, -0.25) is 9.69 Å². The number of amides is 1. The van der Waals surface area contributed by atoms with Gasteiger partial charge in [-0.25, -0.2) is 4.39 Å². The van der Waals surface area contributed by atoms with Crippen LogP contribution in [-0.4, -0.2) is 29.9 Å². The third kappa shape index (κ3) is 3.60. The molecule has 7 heteroatoms. The molecule has 3 aliphatic rings. The second-order valence-corrected chi connectivity index (χ2v) is 8.41. The van der Waals surface area contributed by atoms with Crippen LogP contribution in [0.2, 0.25) is 0 Å². The molecule has 3 nitrogen and oxygen atoms in total. The standard InChI is InChI=1S/C23H24F4N2O/c1-29-14-15-10-12-22(29,13-11-15)20(16-6-3-2-4-7-16)28-21(30)17-8-5-9-18(19(17)24)23(25,26)27/h2-9,15,20H,10-14H2,1H3,(H,28,30). The largest absolute Gasteiger partial charge is 0.419 e. The number of nitrogens with zero attached hydrogens (tertiary/aromatic N) is 1. The average molecular weight is 420 g/mol. The fraction of sp³-hybridized carbons (Fsp3) is 0.435. The summed E-state index contributed by atoms with van der Waals surface area (Å²) in [5.74, 6) is -1.74. The van der Waals surface area contributed by atoms with Crippen LogP contribution in [0.4, 0.5) is 17.6 Å². The van der Waals surface area contributed by atoms with Gasteiger partial charge in [-0.2, -0.15) is 13.2 Å². The fourth-order valence-corrected chi connectivity index (χ4v) is 5.13. The first-order chi connectivity index (χ1) is 14.2. The Morgan fingerprint density at radius 2 is 1.77 bits per heavy atom. The van der Waals surface area contributed by atoms with Crippen molar-refractivity contribution >= 4 is 5.91 Å². The Labute approximate surface area is 173 Å². The smallest absolute Gasteiger partial charge is 0.343 e. The van der Waals surface area contributed by atoms with E-state index in [2.05, 4.69) is 10.2 Å². The fourth-order valence-electron chi connectivity index (χ4n) is 5.13. The Balaban J connectivity index is 1.71. The van der Waals surface area contributed by atoms with Crippen LogP contribution in [0.5, 0.6) is 0 Å². The van der Waals surface area contributed by atoms with Gasteiger partial charge in [-0.05, 0) is 56.3 Å². The van der Waals surface area contributed by atoms with Crippen LogP contribution >= 0.6 is 0 Å². The number of carbonyl (C=O) groups excluding carboxylic acids is 1. The van der Waals surface area contributed by atoms with E-state index in [1.165, 1.54) is 0 Å². The molecule has 1 unspecified atom stereocenters. The Bertz CT molecular complexity index is 921. The Hall–Kier alpha value is -2.41. The first-order valence-corrected chi connectivity index (χ1v) is 10.1. The van der Waals surface area contributed by atoms with Crippen molar-refractivity contribution < 1.29 is 22.4 Å². The summed E-state index contributed by atoms with van der Waals surface area (Å²) >= 11 is 0. The number of fused-ring (bicyclic) bond motifs is 3. The zero-order valence-electron chi connectivity index (χ0n) is 16.7. The van der Waals surface area contributed by atoms with Gasteiger partial charge < -0.3 is 5.32 Å². The summed E-state index contributed by atoms with van der Waals surface area (Å²) in [5, 5.41) is 2.90. The van der Waals surface area contributed by atoms with E-state index >= 15 is 0 Å². The Kier molecular flexibility index (Phi) is 5.34. The number of likely N-dealkylation sites (N-methyl/N-ethyl adjacent to an activating group) is 1. The number of hydrogen-bond acceptors (Lipinski definition) is 2. The molecule has 1 atom stereocenters. The first kappa shape index (κ1) is 20.8. The predicted octanol–water partition coefficient (Wildman–Crippen LogP) is 5.19. The molecule has 2 saturated heterocycles. The van der Waals surface area contributed by atoms with Crippen LogP contribution in [0.1, 0.15) is 53.2 Å². The maximum Gasteiger partial charge on any atom is 0.419 e. The molecule has 2 heterocycles. The summed E-state index contributed by atoms with van der Waals surface area (Å²) < 4.78 is 53.9. The van der Waals surface area contributed by atoms with Crippen LogP contribution in [-0.2, 0) is 6.18 Å². The number of benzene rings is 2. The number of piperidine rings is 2. The van der Waals surface area contributed by atoms with E-state index in [1.807, 2.05) is 37.4 Å². The number of carbonyl (C=O) groups is 1. The van der Waals surface area contributed by atoms with E-state index in [-0.39, 0.29) is 5.54 Å². The lowest BCUT2D eigenvalue weighted by molar-refractivity contribution is -0.140. The molecule has 0 radical (unpaired) electrons. The summed E-state index contributed by atoms with van der Waals surface area (Å²) in [6.07, 6.45) is -1.03. The molecule has 2 aromatic rings. The maximum absolute atomic E-state index is 14.6. The third-order valence-corrected chi connectivity index (χ3v) is 6.76. The normalized spacial score (nSPS) is 25.2. The SMILES string of the molecule is CN1CC2CCC1(C(NC(=O)c1cccc(C(F)(F)F)c1F)c1ccccc1)CC2. The molecule has 0 spiro atoms. The zero-order valence-corrected chi connectivity index (χ0v) is 16.7. The Morgan fingerprint density at radius 1 is 1.10 bits per heavy atom. The lowest BCUT2D eigenvalue weighted by Crippen LogP contribution is -2.62. The molecule has 3 fully saturated rings. The molecule has 1 aliphatic carbocycles. The van der Waals surface area contributed by atoms with E-state index in [4.69, 9.17) is 0 Å². The molecule has 2 aliphatic heterocycles. The predicted molar refractivity (Wildman–Crippen MR) is 105 cm³/mol. The van der Waals surface area contributed by atoms with Crippen molar-refractivity contribution in [2.75, 3.05) is 13.6 Å². The molecule has 0 aromatic heterocycles. The van der Waals surface area contributed by atoms with Gasteiger partial charge in [0.25, 0.3) is 5.91 Å². The molecular weight excluding hydrogens is 396 g/mol. The first-order valence-electron chi connectivity index (χ1n) is 10.1. The van der Waals surface area contributed by atoms with Crippen molar-refractivity contribution in [3.05, 3.63) is 71.0 Å². The lowest BCUT2D eigenvalue weighted by Gasteiger charge is -2.57. The minimum atomic E-state index is -4.86. The van der Waals surface area contributed by atoms with Crippen LogP contribution in [0.25, 0.3) is 0 Å². The monoisotopic (exact) mass is 420 g/mol. The molecule has 1 N–H and O–H groups in total. The molecule has 2 aromatic carbocycles. The van der Waals surface area contributed by atoms with Gasteiger partial charge in [0.2, 0.25) is 0 Å². The highest BCUT2D eigenvalue weighted by atomic mass is 19.4. The highest BCUT2D eigenvalue weighted by Gasteiger charge is 2.50. The Morgan fingerprint density at radius 3 is 2.37 bits per heavy atom. The second kappa shape index (κ2) is 7.69. The van der Waals surface area contributed by atoms with Crippen molar-refractivity contribution in [3.8, 4) is 0 Å². The van der Waals surface area contributed by atoms with Crippen molar-refractivity contribution in [2.45, 2.75) is 43.4 Å². The molecule has 1 saturated carbocycles. The maximum atomic E-state index is 14.6. The topological polar surface area (TPSA) is 32.3 Å². The van der Waals surface area contributed by atoms with Crippen LogP contribution in [0.15, 0.2) is 48.5 Å². The minimum Gasteiger partial charge on any atom is -0.343 e. The number of alkyl halides is 3. The van der Waals surface area contributed by atoms with E-state index in [0.29, 0.717) is 12.0 Å². The number of nitrogens with one attached hydrogen (secondary N) is 1. The molecular formula is C23H24F4N2O. The number of rotatable bonds is 4. The molecule has 30 heavy (non-hydrogen) atoms. The quantitative estimate of drug-likeness (QED) is 0.691. The van der Waals surface area contributed by atoms with Crippen molar-refractivity contribution in [2.24, 2.45) is 5.92 Å². The highest BCUT2D eigenvalue weighted by Crippen LogP contribution is 2.49. The van der Waals surface area contributed by atoms with Gasteiger partial charge in [-0.15, -0.1) is 0 Å². The highest BCUT2D eigenvalue weighted by molar-refractivity contribution is 5.95. The van der Waals surface area contributed by atoms with Gasteiger partial charge >= 0.3 is 6.18 Å². The van der Waals surface area contributed by atoms with E-state index in [9.17, 15) is 22.4 Å². The van der Waals surface area contributed by atoms with Crippen LogP contribution in [0.3, 0.4) is 0 Å². The number of halogens is 4. The summed E-state index contributed by atoms with van der Waals surface area (Å²) in [4.78, 5) is 15.3. The van der Waals surface area contributed by atoms with Crippen molar-refractivity contribution in [1.82, 2.24) is 10.2 Å². The van der Waals surface area contributed by atoms with Gasteiger partial charge in [0.05, 0.1) is 17.2 Å². The van der Waals surface area contributed by atoms with Gasteiger partial charge in [-0.1, -0.05) is 36.4 Å². The summed E-state index contributed by atoms with van der Waals surface area (Å²) in [6, 6.07) is 11.8. The summed E-state index contributed by atoms with van der Waals surface area (Å²) in [5.41, 5.74) is -1.50. The van der Waals surface area contributed by atoms with E-state index in [1.54, 1.807) is 0 Å².